The molecular formula is C26H36ClN3O2. The lowest BCUT2D eigenvalue weighted by atomic mass is 9.49. The van der Waals surface area contributed by atoms with Crippen LogP contribution >= 0.6 is 11.6 Å². The van der Waals surface area contributed by atoms with E-state index in [1.165, 1.54) is 0 Å². The SMILES string of the molecule is CC.CC.Cc1ccc(C(=O)NC2C(C)(C)C(Oc3ccc(C#N)c(Cl)c3)C2(C)C)cn1. The van der Waals surface area contributed by atoms with E-state index in [1.54, 1.807) is 30.5 Å². The molecule has 0 atom stereocenters. The number of nitrogens with zero attached hydrogens (tertiary/aromatic N) is 2. The van der Waals surface area contributed by atoms with Crippen LogP contribution in [0.5, 0.6) is 5.75 Å². The monoisotopic (exact) mass is 457 g/mol. The van der Waals surface area contributed by atoms with Gasteiger partial charge in [-0.05, 0) is 31.2 Å². The highest BCUT2D eigenvalue weighted by molar-refractivity contribution is 6.31. The molecule has 1 aliphatic carbocycles. The van der Waals surface area contributed by atoms with Crippen molar-refractivity contribution in [2.45, 2.75) is 74.5 Å². The molecule has 1 heterocycles. The molecule has 6 heteroatoms. The summed E-state index contributed by atoms with van der Waals surface area (Å²) in [5, 5.41) is 12.5. The number of halogens is 1. The molecule has 1 N–H and O–H groups in total. The number of rotatable bonds is 4. The minimum absolute atomic E-state index is 0.0762. The first-order valence-electron chi connectivity index (χ1n) is 11.2. The second-order valence-electron chi connectivity index (χ2n) is 8.49. The van der Waals surface area contributed by atoms with Crippen molar-refractivity contribution in [1.29, 1.82) is 5.26 Å². The van der Waals surface area contributed by atoms with Gasteiger partial charge in [-0.3, -0.25) is 9.78 Å². The smallest absolute Gasteiger partial charge is 0.253 e. The Labute approximate surface area is 198 Å². The predicted octanol–water partition coefficient (Wildman–Crippen LogP) is 6.58. The maximum atomic E-state index is 12.7. The number of ether oxygens (including phenoxy) is 1. The van der Waals surface area contributed by atoms with Gasteiger partial charge in [-0.1, -0.05) is 67.0 Å². The quantitative estimate of drug-likeness (QED) is 0.562. The van der Waals surface area contributed by atoms with Crippen LogP contribution in [-0.2, 0) is 0 Å². The average Bonchev–Trinajstić information content (AvgIpc) is 2.78. The van der Waals surface area contributed by atoms with Crippen molar-refractivity contribution in [1.82, 2.24) is 10.3 Å². The Morgan fingerprint density at radius 3 is 2.16 bits per heavy atom. The zero-order valence-electron chi connectivity index (χ0n) is 20.7. The number of benzene rings is 1. The van der Waals surface area contributed by atoms with Crippen LogP contribution in [0.2, 0.25) is 5.02 Å². The van der Waals surface area contributed by atoms with Crippen LogP contribution in [-0.4, -0.2) is 23.0 Å². The normalized spacial score (nSPS) is 19.5. The van der Waals surface area contributed by atoms with Crippen molar-refractivity contribution >= 4 is 17.5 Å². The van der Waals surface area contributed by atoms with Gasteiger partial charge >= 0.3 is 0 Å². The van der Waals surface area contributed by atoms with E-state index in [0.29, 0.717) is 21.9 Å². The van der Waals surface area contributed by atoms with Crippen molar-refractivity contribution in [3.05, 3.63) is 58.4 Å². The maximum absolute atomic E-state index is 12.7. The summed E-state index contributed by atoms with van der Waals surface area (Å²) in [7, 11) is 0. The van der Waals surface area contributed by atoms with Crippen molar-refractivity contribution in [3.8, 4) is 11.8 Å². The van der Waals surface area contributed by atoms with E-state index in [2.05, 4.69) is 38.0 Å². The number of hydrogen-bond acceptors (Lipinski definition) is 4. The molecule has 5 nitrogen and oxygen atoms in total. The van der Waals surface area contributed by atoms with Crippen LogP contribution in [0.4, 0.5) is 0 Å². The largest absolute Gasteiger partial charge is 0.489 e. The Kier molecular flexibility index (Phi) is 9.72. The number of aromatic nitrogens is 1. The first-order chi connectivity index (χ1) is 15.1. The summed E-state index contributed by atoms with van der Waals surface area (Å²) in [5.41, 5.74) is 1.24. The molecule has 0 bridgehead atoms. The first kappa shape index (κ1) is 27.5. The minimum atomic E-state index is -0.294. The molecule has 0 unspecified atom stereocenters. The van der Waals surface area contributed by atoms with Gasteiger partial charge in [0.1, 0.15) is 17.9 Å². The molecule has 1 aliphatic rings. The summed E-state index contributed by atoms with van der Waals surface area (Å²) >= 11 is 6.13. The number of amides is 1. The fourth-order valence-corrected chi connectivity index (χ4v) is 4.63. The molecule has 3 rings (SSSR count). The molecule has 0 aliphatic heterocycles. The third-order valence-corrected chi connectivity index (χ3v) is 5.92. The van der Waals surface area contributed by atoms with Gasteiger partial charge in [0.2, 0.25) is 0 Å². The molecule has 2 aromatic rings. The molecule has 1 amide bonds. The van der Waals surface area contributed by atoms with E-state index in [1.807, 2.05) is 46.8 Å². The third kappa shape index (κ3) is 5.61. The van der Waals surface area contributed by atoms with E-state index in [0.717, 1.165) is 5.69 Å². The summed E-state index contributed by atoms with van der Waals surface area (Å²) in [4.78, 5) is 16.9. The van der Waals surface area contributed by atoms with Gasteiger partial charge in [-0.2, -0.15) is 5.26 Å². The lowest BCUT2D eigenvalue weighted by molar-refractivity contribution is -0.164. The van der Waals surface area contributed by atoms with Crippen LogP contribution < -0.4 is 10.1 Å². The van der Waals surface area contributed by atoms with Gasteiger partial charge in [0.05, 0.1) is 16.1 Å². The number of carbonyl (C=O) groups excluding carboxylic acids is 1. The Morgan fingerprint density at radius 1 is 1.09 bits per heavy atom. The first-order valence-corrected chi connectivity index (χ1v) is 11.5. The van der Waals surface area contributed by atoms with Gasteiger partial charge in [0.15, 0.2) is 0 Å². The lowest BCUT2D eigenvalue weighted by Gasteiger charge is -2.63. The fraction of sp³-hybridized carbons (Fsp3) is 0.500. The van der Waals surface area contributed by atoms with Crippen LogP contribution in [0.25, 0.3) is 0 Å². The third-order valence-electron chi connectivity index (χ3n) is 5.60. The van der Waals surface area contributed by atoms with Gasteiger partial charge in [0, 0.05) is 34.8 Å². The van der Waals surface area contributed by atoms with E-state index in [-0.39, 0.29) is 28.9 Å². The Balaban J connectivity index is 0.00000121. The number of pyridine rings is 1. The van der Waals surface area contributed by atoms with E-state index in [4.69, 9.17) is 21.6 Å². The number of nitrogens with one attached hydrogen (secondary N) is 1. The molecule has 174 valence electrons. The molecule has 1 aromatic carbocycles. The zero-order chi connectivity index (χ0) is 24.7. The standard InChI is InChI=1S/C22H24ClN3O2.2C2H6/c1-13-6-7-15(12-25-13)18(27)26-19-21(2,3)20(22(19,4)5)28-16-9-8-14(11-24)17(23)10-16;2*1-2/h6-10,12,19-20H,1-5H3,(H,26,27);2*1-2H3. The zero-order valence-corrected chi connectivity index (χ0v) is 21.5. The molecule has 0 spiro atoms. The van der Waals surface area contributed by atoms with Crippen LogP contribution in [0.3, 0.4) is 0 Å². The van der Waals surface area contributed by atoms with Crippen LogP contribution in [0, 0.1) is 29.1 Å². The molecule has 0 saturated heterocycles. The number of nitriles is 1. The van der Waals surface area contributed by atoms with Gasteiger partial charge in [0.25, 0.3) is 5.91 Å². The second-order valence-corrected chi connectivity index (χ2v) is 8.90. The highest BCUT2D eigenvalue weighted by atomic mass is 35.5. The predicted molar refractivity (Wildman–Crippen MR) is 131 cm³/mol. The summed E-state index contributed by atoms with van der Waals surface area (Å²) in [6.45, 7) is 18.2. The van der Waals surface area contributed by atoms with Crippen molar-refractivity contribution in [3.63, 3.8) is 0 Å². The van der Waals surface area contributed by atoms with Crippen molar-refractivity contribution < 1.29 is 9.53 Å². The second kappa shape index (κ2) is 11.3. The van der Waals surface area contributed by atoms with E-state index in [9.17, 15) is 4.79 Å². The van der Waals surface area contributed by atoms with E-state index >= 15 is 0 Å². The number of aryl methyl sites for hydroxylation is 1. The highest BCUT2D eigenvalue weighted by Crippen LogP contribution is 2.55. The van der Waals surface area contributed by atoms with Gasteiger partial charge in [-0.15, -0.1) is 0 Å². The van der Waals surface area contributed by atoms with Gasteiger partial charge in [-0.25, -0.2) is 0 Å². The molecule has 32 heavy (non-hydrogen) atoms. The topological polar surface area (TPSA) is 75.0 Å². The Bertz CT molecular complexity index is 931. The number of carbonyl (C=O) groups is 1. The lowest BCUT2D eigenvalue weighted by Crippen LogP contribution is -2.74. The van der Waals surface area contributed by atoms with Crippen LogP contribution in [0.15, 0.2) is 36.5 Å². The highest BCUT2D eigenvalue weighted by Gasteiger charge is 2.64. The summed E-state index contributed by atoms with van der Waals surface area (Å²) in [6, 6.07) is 10.6. The number of hydrogen-bond donors (Lipinski definition) is 1. The Hall–Kier alpha value is -2.58. The average molecular weight is 458 g/mol. The maximum Gasteiger partial charge on any atom is 0.253 e. The minimum Gasteiger partial charge on any atom is -0.489 e. The van der Waals surface area contributed by atoms with Crippen LogP contribution in [0.1, 0.15) is 77.0 Å². The fourth-order valence-electron chi connectivity index (χ4n) is 4.41. The summed E-state index contributed by atoms with van der Waals surface area (Å²) in [5.74, 6) is 0.473. The summed E-state index contributed by atoms with van der Waals surface area (Å²) in [6.07, 6.45) is 1.46. The molecule has 1 saturated carbocycles. The molecular weight excluding hydrogens is 422 g/mol. The van der Waals surface area contributed by atoms with Crippen molar-refractivity contribution in [2.75, 3.05) is 0 Å². The molecule has 0 radical (unpaired) electrons. The van der Waals surface area contributed by atoms with Gasteiger partial charge < -0.3 is 10.1 Å². The summed E-state index contributed by atoms with van der Waals surface area (Å²) < 4.78 is 6.24. The molecule has 1 aromatic heterocycles. The Morgan fingerprint density at radius 2 is 1.69 bits per heavy atom. The van der Waals surface area contributed by atoms with Crippen molar-refractivity contribution in [2.24, 2.45) is 10.8 Å². The van der Waals surface area contributed by atoms with E-state index < -0.39 is 0 Å². The molecule has 1 fully saturated rings.